The minimum Gasteiger partial charge on any atom is -0.457 e. The van der Waals surface area contributed by atoms with Crippen molar-refractivity contribution < 1.29 is 13.9 Å². The zero-order chi connectivity index (χ0) is 22.8. The van der Waals surface area contributed by atoms with E-state index in [1.54, 1.807) is 12.1 Å². The van der Waals surface area contributed by atoms with Gasteiger partial charge in [-0.15, -0.1) is 0 Å². The van der Waals surface area contributed by atoms with E-state index in [2.05, 4.69) is 15.5 Å². The van der Waals surface area contributed by atoms with E-state index in [4.69, 9.17) is 15.5 Å². The van der Waals surface area contributed by atoms with Crippen molar-refractivity contribution in [1.29, 1.82) is 0 Å². The molecule has 0 bridgehead atoms. The minimum absolute atomic E-state index is 0.288. The van der Waals surface area contributed by atoms with Crippen LogP contribution in [0.15, 0.2) is 72.8 Å². The standard InChI is InChI=1S/C26H25FN4O2/c27-19-5-9-21(10-6-19)33-22-11-7-20(8-12-22)31-24-4-2-1-3-23(24)29-26(31)18-13-15-30(16-14-18)17-25(28)32/h1-12,18H,13-17H2,(H2,28,32). The highest BCUT2D eigenvalue weighted by atomic mass is 19.1. The molecule has 1 aromatic heterocycles. The quantitative estimate of drug-likeness (QED) is 0.471. The van der Waals surface area contributed by atoms with Gasteiger partial charge in [-0.05, 0) is 86.6 Å². The molecule has 0 saturated carbocycles. The number of primary amides is 1. The van der Waals surface area contributed by atoms with Crippen molar-refractivity contribution >= 4 is 16.9 Å². The number of para-hydroxylation sites is 2. The summed E-state index contributed by atoms with van der Waals surface area (Å²) in [6.45, 7) is 1.95. The Morgan fingerprint density at radius 3 is 2.27 bits per heavy atom. The first-order chi connectivity index (χ1) is 16.1. The van der Waals surface area contributed by atoms with E-state index in [1.165, 1.54) is 12.1 Å². The SMILES string of the molecule is NC(=O)CN1CCC(c2nc3ccccc3n2-c2ccc(Oc3ccc(F)cc3)cc2)CC1. The van der Waals surface area contributed by atoms with Gasteiger partial charge in [0.05, 0.1) is 17.6 Å². The fourth-order valence-corrected chi connectivity index (χ4v) is 4.46. The van der Waals surface area contributed by atoms with Gasteiger partial charge in [-0.25, -0.2) is 9.37 Å². The summed E-state index contributed by atoms with van der Waals surface area (Å²) in [6, 6.07) is 21.9. The first-order valence-corrected chi connectivity index (χ1v) is 11.1. The number of hydrogen-bond acceptors (Lipinski definition) is 4. The van der Waals surface area contributed by atoms with E-state index in [0.29, 0.717) is 18.0 Å². The molecule has 1 aliphatic rings. The van der Waals surface area contributed by atoms with Gasteiger partial charge < -0.3 is 10.5 Å². The molecule has 6 nitrogen and oxygen atoms in total. The van der Waals surface area contributed by atoms with E-state index >= 15 is 0 Å². The Hall–Kier alpha value is -3.71. The van der Waals surface area contributed by atoms with Crippen LogP contribution in [0.1, 0.15) is 24.6 Å². The highest BCUT2D eigenvalue weighted by Gasteiger charge is 2.26. The summed E-state index contributed by atoms with van der Waals surface area (Å²) in [5, 5.41) is 0. The van der Waals surface area contributed by atoms with Crippen molar-refractivity contribution in [2.45, 2.75) is 18.8 Å². The number of hydrogen-bond donors (Lipinski definition) is 1. The van der Waals surface area contributed by atoms with Crippen LogP contribution >= 0.6 is 0 Å². The number of benzene rings is 3. The van der Waals surface area contributed by atoms with Crippen LogP contribution in [0.4, 0.5) is 4.39 Å². The number of ether oxygens (including phenoxy) is 1. The predicted molar refractivity (Wildman–Crippen MR) is 125 cm³/mol. The van der Waals surface area contributed by atoms with Crippen LogP contribution < -0.4 is 10.5 Å². The Balaban J connectivity index is 1.43. The molecular formula is C26H25FN4O2. The van der Waals surface area contributed by atoms with Crippen LogP contribution in [0.3, 0.4) is 0 Å². The summed E-state index contributed by atoms with van der Waals surface area (Å²) in [5.74, 6) is 2.00. The number of nitrogens with two attached hydrogens (primary N) is 1. The molecular weight excluding hydrogens is 419 g/mol. The third-order valence-corrected chi connectivity index (χ3v) is 6.06. The van der Waals surface area contributed by atoms with Crippen molar-refractivity contribution in [3.8, 4) is 17.2 Å². The fraction of sp³-hybridized carbons (Fsp3) is 0.231. The van der Waals surface area contributed by atoms with Crippen LogP contribution in [0.25, 0.3) is 16.7 Å². The van der Waals surface area contributed by atoms with Crippen molar-refractivity contribution in [2.75, 3.05) is 19.6 Å². The molecule has 1 saturated heterocycles. The summed E-state index contributed by atoms with van der Waals surface area (Å²) in [5.41, 5.74) is 8.38. The first-order valence-electron chi connectivity index (χ1n) is 11.1. The van der Waals surface area contributed by atoms with Crippen LogP contribution in [0, 0.1) is 5.82 Å². The second-order valence-electron chi connectivity index (χ2n) is 8.36. The highest BCUT2D eigenvalue weighted by Crippen LogP contribution is 2.33. The largest absolute Gasteiger partial charge is 0.457 e. The van der Waals surface area contributed by atoms with Crippen molar-refractivity contribution in [1.82, 2.24) is 14.5 Å². The number of carbonyl (C=O) groups excluding carboxylic acids is 1. The topological polar surface area (TPSA) is 73.4 Å². The molecule has 0 atom stereocenters. The minimum atomic E-state index is -0.294. The Bertz CT molecular complexity index is 1260. The molecule has 168 valence electrons. The molecule has 2 heterocycles. The molecule has 0 unspecified atom stereocenters. The lowest BCUT2D eigenvalue weighted by molar-refractivity contribution is -0.119. The van der Waals surface area contributed by atoms with Gasteiger partial charge >= 0.3 is 0 Å². The summed E-state index contributed by atoms with van der Waals surface area (Å²) in [4.78, 5) is 18.4. The number of piperidine rings is 1. The van der Waals surface area contributed by atoms with Gasteiger partial charge in [0.25, 0.3) is 0 Å². The van der Waals surface area contributed by atoms with E-state index in [-0.39, 0.29) is 17.6 Å². The van der Waals surface area contributed by atoms with E-state index in [0.717, 1.165) is 48.5 Å². The van der Waals surface area contributed by atoms with Gasteiger partial charge in [-0.3, -0.25) is 14.3 Å². The molecule has 33 heavy (non-hydrogen) atoms. The second kappa shape index (κ2) is 9.03. The van der Waals surface area contributed by atoms with Gasteiger partial charge in [0.1, 0.15) is 23.1 Å². The van der Waals surface area contributed by atoms with Crippen LogP contribution in [0.5, 0.6) is 11.5 Å². The van der Waals surface area contributed by atoms with Gasteiger partial charge in [0.15, 0.2) is 0 Å². The first kappa shape index (κ1) is 21.2. The van der Waals surface area contributed by atoms with Gasteiger partial charge in [0, 0.05) is 11.6 Å². The number of nitrogens with zero attached hydrogens (tertiary/aromatic N) is 3. The molecule has 1 amide bonds. The Labute approximate surface area is 191 Å². The van der Waals surface area contributed by atoms with E-state index in [1.807, 2.05) is 42.5 Å². The second-order valence-corrected chi connectivity index (χ2v) is 8.36. The lowest BCUT2D eigenvalue weighted by Crippen LogP contribution is -2.39. The third kappa shape index (κ3) is 4.59. The molecule has 7 heteroatoms. The molecule has 0 radical (unpaired) electrons. The maximum atomic E-state index is 13.1. The number of aromatic nitrogens is 2. The molecule has 1 fully saturated rings. The fourth-order valence-electron chi connectivity index (χ4n) is 4.46. The van der Waals surface area contributed by atoms with Crippen LogP contribution in [0.2, 0.25) is 0 Å². The Morgan fingerprint density at radius 1 is 0.970 bits per heavy atom. The summed E-state index contributed by atoms with van der Waals surface area (Å²) < 4.78 is 21.2. The number of carbonyl (C=O) groups is 1. The molecule has 0 spiro atoms. The number of amides is 1. The number of imidazole rings is 1. The van der Waals surface area contributed by atoms with Crippen LogP contribution in [-0.4, -0.2) is 40.0 Å². The van der Waals surface area contributed by atoms with Gasteiger partial charge in [0.2, 0.25) is 5.91 Å². The van der Waals surface area contributed by atoms with Gasteiger partial charge in [-0.1, -0.05) is 12.1 Å². The van der Waals surface area contributed by atoms with E-state index < -0.39 is 0 Å². The van der Waals surface area contributed by atoms with Crippen molar-refractivity contribution in [3.63, 3.8) is 0 Å². The average Bonchev–Trinajstić information content (AvgIpc) is 3.21. The summed E-state index contributed by atoms with van der Waals surface area (Å²) >= 11 is 0. The lowest BCUT2D eigenvalue weighted by atomic mass is 9.95. The Morgan fingerprint density at radius 2 is 1.61 bits per heavy atom. The maximum Gasteiger partial charge on any atom is 0.231 e. The summed E-state index contributed by atoms with van der Waals surface area (Å²) in [6.07, 6.45) is 1.84. The number of rotatable bonds is 6. The van der Waals surface area contributed by atoms with Gasteiger partial charge in [-0.2, -0.15) is 0 Å². The monoisotopic (exact) mass is 444 g/mol. The average molecular weight is 445 g/mol. The molecule has 2 N–H and O–H groups in total. The normalized spacial score (nSPS) is 15.1. The summed E-state index contributed by atoms with van der Waals surface area (Å²) in [7, 11) is 0. The number of halogens is 1. The van der Waals surface area contributed by atoms with E-state index in [9.17, 15) is 9.18 Å². The molecule has 1 aliphatic heterocycles. The number of fused-ring (bicyclic) bond motifs is 1. The lowest BCUT2D eigenvalue weighted by Gasteiger charge is -2.31. The smallest absolute Gasteiger partial charge is 0.231 e. The molecule has 5 rings (SSSR count). The zero-order valence-corrected chi connectivity index (χ0v) is 18.2. The maximum absolute atomic E-state index is 13.1. The Kier molecular flexibility index (Phi) is 5.79. The predicted octanol–water partition coefficient (Wildman–Crippen LogP) is 4.62. The van der Waals surface area contributed by atoms with Crippen LogP contribution in [-0.2, 0) is 4.79 Å². The molecule has 0 aliphatic carbocycles. The molecule has 4 aromatic rings. The highest BCUT2D eigenvalue weighted by molar-refractivity contribution is 5.78. The number of likely N-dealkylation sites (tertiary alicyclic amines) is 1. The van der Waals surface area contributed by atoms with Crippen molar-refractivity contribution in [2.24, 2.45) is 5.73 Å². The third-order valence-electron chi connectivity index (χ3n) is 6.06. The zero-order valence-electron chi connectivity index (χ0n) is 18.2. The molecule has 3 aromatic carbocycles. The van der Waals surface area contributed by atoms with Crippen molar-refractivity contribution in [3.05, 3.63) is 84.4 Å².